The van der Waals surface area contributed by atoms with Crippen molar-refractivity contribution in [1.29, 1.82) is 0 Å². The SMILES string of the molecule is Cc1cccc(Oc2c(C(F)(F)F)oc3cc(OC(=O)c4ccc(Cl)c(Cl)c4)ccc3c2=O)c1. The highest BCUT2D eigenvalue weighted by atomic mass is 35.5. The van der Waals surface area contributed by atoms with Gasteiger partial charge < -0.3 is 13.9 Å². The normalized spacial score (nSPS) is 11.5. The maximum absolute atomic E-state index is 13.7. The lowest BCUT2D eigenvalue weighted by atomic mass is 10.2. The Morgan fingerprint density at radius 3 is 2.38 bits per heavy atom. The quantitative estimate of drug-likeness (QED) is 0.211. The van der Waals surface area contributed by atoms with E-state index in [0.717, 1.165) is 11.6 Å². The number of fused-ring (bicyclic) bond motifs is 1. The Morgan fingerprint density at radius 2 is 1.71 bits per heavy atom. The van der Waals surface area contributed by atoms with Crippen LogP contribution in [-0.4, -0.2) is 5.97 Å². The third-order valence-electron chi connectivity index (χ3n) is 4.65. The van der Waals surface area contributed by atoms with Crippen molar-refractivity contribution in [3.63, 3.8) is 0 Å². The standard InChI is InChI=1S/C24H13Cl2F3O5/c1-12-3-2-4-14(9-12)32-21-20(30)16-7-6-15(11-19(16)34-22(21)24(27,28)29)33-23(31)13-5-8-17(25)18(26)10-13/h2-11H,1H3. The summed E-state index contributed by atoms with van der Waals surface area (Å²) in [5.74, 6) is -3.54. The van der Waals surface area contributed by atoms with Crippen LogP contribution in [0, 0.1) is 6.92 Å². The van der Waals surface area contributed by atoms with Crippen LogP contribution in [0.4, 0.5) is 13.2 Å². The van der Waals surface area contributed by atoms with Gasteiger partial charge in [-0.25, -0.2) is 4.79 Å². The first kappa shape index (κ1) is 23.7. The zero-order chi connectivity index (χ0) is 24.6. The molecule has 4 aromatic rings. The number of alkyl halides is 3. The summed E-state index contributed by atoms with van der Waals surface area (Å²) in [5, 5.41) is 0.163. The van der Waals surface area contributed by atoms with Crippen LogP contribution in [0.15, 0.2) is 69.9 Å². The lowest BCUT2D eigenvalue weighted by Gasteiger charge is -2.14. The largest absolute Gasteiger partial charge is 0.453 e. The van der Waals surface area contributed by atoms with Gasteiger partial charge in [-0.1, -0.05) is 35.3 Å². The van der Waals surface area contributed by atoms with E-state index < -0.39 is 34.7 Å². The minimum atomic E-state index is -5.03. The summed E-state index contributed by atoms with van der Waals surface area (Å²) < 4.78 is 56.7. The molecule has 1 heterocycles. The topological polar surface area (TPSA) is 65.7 Å². The van der Waals surface area contributed by atoms with E-state index in [1.165, 1.54) is 42.5 Å². The number of rotatable bonds is 4. The Balaban J connectivity index is 1.75. The second-order valence-corrected chi connectivity index (χ2v) is 8.00. The van der Waals surface area contributed by atoms with Crippen molar-refractivity contribution < 1.29 is 31.9 Å². The molecule has 0 bridgehead atoms. The first-order valence-corrected chi connectivity index (χ1v) is 10.4. The number of aryl methyl sites for hydroxylation is 1. The Bertz CT molecular complexity index is 1480. The summed E-state index contributed by atoms with van der Waals surface area (Å²) in [6, 6.07) is 13.7. The van der Waals surface area contributed by atoms with Crippen LogP contribution >= 0.6 is 23.2 Å². The van der Waals surface area contributed by atoms with Crippen LogP contribution in [0.3, 0.4) is 0 Å². The van der Waals surface area contributed by atoms with E-state index in [9.17, 15) is 22.8 Å². The molecule has 0 fully saturated rings. The van der Waals surface area contributed by atoms with Crippen molar-refractivity contribution in [2.45, 2.75) is 13.1 Å². The molecule has 0 saturated carbocycles. The van der Waals surface area contributed by atoms with Crippen molar-refractivity contribution in [2.24, 2.45) is 0 Å². The van der Waals surface area contributed by atoms with Crippen LogP contribution in [0.5, 0.6) is 17.2 Å². The molecule has 0 spiro atoms. The molecule has 0 aliphatic carbocycles. The molecule has 0 amide bonds. The first-order chi connectivity index (χ1) is 16.0. The average Bonchev–Trinajstić information content (AvgIpc) is 2.76. The molecule has 0 unspecified atom stereocenters. The van der Waals surface area contributed by atoms with E-state index in [-0.39, 0.29) is 32.5 Å². The molecule has 0 radical (unpaired) electrons. The van der Waals surface area contributed by atoms with Gasteiger partial charge in [0.25, 0.3) is 5.76 Å². The van der Waals surface area contributed by atoms with E-state index >= 15 is 0 Å². The highest BCUT2D eigenvalue weighted by Gasteiger charge is 2.40. The van der Waals surface area contributed by atoms with Crippen LogP contribution in [0.25, 0.3) is 11.0 Å². The van der Waals surface area contributed by atoms with Crippen LogP contribution in [-0.2, 0) is 6.18 Å². The second-order valence-electron chi connectivity index (χ2n) is 7.18. The summed E-state index contributed by atoms with van der Waals surface area (Å²) in [7, 11) is 0. The fourth-order valence-corrected chi connectivity index (χ4v) is 3.38. The van der Waals surface area contributed by atoms with E-state index in [4.69, 9.17) is 37.1 Å². The van der Waals surface area contributed by atoms with Gasteiger partial charge in [-0.05, 0) is 55.0 Å². The number of benzene rings is 3. The fourth-order valence-electron chi connectivity index (χ4n) is 3.08. The summed E-state index contributed by atoms with van der Waals surface area (Å²) >= 11 is 11.7. The Morgan fingerprint density at radius 1 is 0.941 bits per heavy atom. The van der Waals surface area contributed by atoms with Gasteiger partial charge in [0.1, 0.15) is 17.1 Å². The summed E-state index contributed by atoms with van der Waals surface area (Å²) in [6.07, 6.45) is -5.03. The Labute approximate surface area is 200 Å². The average molecular weight is 509 g/mol. The molecule has 0 saturated heterocycles. The van der Waals surface area contributed by atoms with Crippen molar-refractivity contribution in [1.82, 2.24) is 0 Å². The van der Waals surface area contributed by atoms with Crippen LogP contribution < -0.4 is 14.9 Å². The van der Waals surface area contributed by atoms with Gasteiger partial charge in [-0.15, -0.1) is 0 Å². The Kier molecular flexibility index (Phi) is 6.29. The van der Waals surface area contributed by atoms with Gasteiger partial charge in [-0.2, -0.15) is 13.2 Å². The zero-order valence-corrected chi connectivity index (χ0v) is 18.7. The smallest absolute Gasteiger partial charge is 0.449 e. The predicted molar refractivity (Wildman–Crippen MR) is 120 cm³/mol. The number of halogens is 5. The fraction of sp³-hybridized carbons (Fsp3) is 0.0833. The molecule has 0 N–H and O–H groups in total. The third-order valence-corrected chi connectivity index (χ3v) is 5.39. The molecule has 0 atom stereocenters. The first-order valence-electron chi connectivity index (χ1n) is 9.63. The zero-order valence-electron chi connectivity index (χ0n) is 17.2. The number of esters is 1. The molecular weight excluding hydrogens is 496 g/mol. The van der Waals surface area contributed by atoms with Crippen molar-refractivity contribution in [3.05, 3.63) is 97.8 Å². The van der Waals surface area contributed by atoms with E-state index in [0.29, 0.717) is 0 Å². The number of hydrogen-bond donors (Lipinski definition) is 0. The van der Waals surface area contributed by atoms with Gasteiger partial charge in [-0.3, -0.25) is 4.79 Å². The molecule has 174 valence electrons. The molecule has 4 rings (SSSR count). The lowest BCUT2D eigenvalue weighted by Crippen LogP contribution is -2.15. The lowest BCUT2D eigenvalue weighted by molar-refractivity contribution is -0.154. The third kappa shape index (κ3) is 4.88. The molecule has 0 aliphatic heterocycles. The highest BCUT2D eigenvalue weighted by Crippen LogP contribution is 2.38. The molecular formula is C24H13Cl2F3O5. The number of hydrogen-bond acceptors (Lipinski definition) is 5. The monoisotopic (exact) mass is 508 g/mol. The molecule has 0 aliphatic rings. The van der Waals surface area contributed by atoms with Crippen molar-refractivity contribution in [2.75, 3.05) is 0 Å². The second kappa shape index (κ2) is 9.04. The summed E-state index contributed by atoms with van der Waals surface area (Å²) in [6.45, 7) is 1.72. The molecule has 1 aromatic heterocycles. The molecule has 5 nitrogen and oxygen atoms in total. The van der Waals surface area contributed by atoms with Crippen molar-refractivity contribution in [3.8, 4) is 17.2 Å². The summed E-state index contributed by atoms with van der Waals surface area (Å²) in [4.78, 5) is 25.3. The van der Waals surface area contributed by atoms with Gasteiger partial charge in [0, 0.05) is 6.07 Å². The summed E-state index contributed by atoms with van der Waals surface area (Å²) in [5.41, 5.74) is -0.677. The minimum absolute atomic E-state index is 0.0457. The number of ether oxygens (including phenoxy) is 2. The molecule has 34 heavy (non-hydrogen) atoms. The highest BCUT2D eigenvalue weighted by molar-refractivity contribution is 6.42. The molecule has 10 heteroatoms. The maximum atomic E-state index is 13.7. The van der Waals surface area contributed by atoms with Crippen LogP contribution in [0.1, 0.15) is 21.7 Å². The van der Waals surface area contributed by atoms with Gasteiger partial charge in [0.05, 0.1) is 21.0 Å². The predicted octanol–water partition coefficient (Wildman–Crippen LogP) is 7.44. The van der Waals surface area contributed by atoms with Gasteiger partial charge in [0.15, 0.2) is 0 Å². The van der Waals surface area contributed by atoms with E-state index in [1.54, 1.807) is 19.1 Å². The number of carbonyl (C=O) groups is 1. The van der Waals surface area contributed by atoms with Crippen LogP contribution in [0.2, 0.25) is 10.0 Å². The maximum Gasteiger partial charge on any atom is 0.453 e. The van der Waals surface area contributed by atoms with E-state index in [1.807, 2.05) is 0 Å². The van der Waals surface area contributed by atoms with E-state index in [2.05, 4.69) is 0 Å². The number of carbonyl (C=O) groups excluding carboxylic acids is 1. The molecule has 3 aromatic carbocycles. The van der Waals surface area contributed by atoms with Gasteiger partial charge in [0.2, 0.25) is 11.2 Å². The Hall–Kier alpha value is -3.49. The minimum Gasteiger partial charge on any atom is -0.449 e. The van der Waals surface area contributed by atoms with Crippen molar-refractivity contribution >= 4 is 40.1 Å². The van der Waals surface area contributed by atoms with Gasteiger partial charge >= 0.3 is 12.1 Å².